The molecule has 1 amide bonds. The first-order chi connectivity index (χ1) is 11.1. The fourth-order valence-electron chi connectivity index (χ4n) is 3.04. The van der Waals surface area contributed by atoms with Crippen molar-refractivity contribution < 1.29 is 14.7 Å². The lowest BCUT2D eigenvalue weighted by Gasteiger charge is -2.21. The molecule has 0 spiro atoms. The number of nitrogens with zero attached hydrogens (tertiary/aromatic N) is 1. The molecule has 1 saturated heterocycles. The maximum Gasteiger partial charge on any atom is 0.326 e. The van der Waals surface area contributed by atoms with Gasteiger partial charge in [-0.2, -0.15) is 0 Å². The average molecular weight is 309 g/mol. The van der Waals surface area contributed by atoms with Gasteiger partial charge in [0.1, 0.15) is 6.04 Å². The van der Waals surface area contributed by atoms with Crippen LogP contribution >= 0.6 is 0 Å². The summed E-state index contributed by atoms with van der Waals surface area (Å²) in [6.07, 6.45) is 1.56. The number of carbonyl (C=O) groups excluding carboxylic acids is 1. The van der Waals surface area contributed by atoms with E-state index in [1.54, 1.807) is 0 Å². The Kier molecular flexibility index (Phi) is 4.42. The van der Waals surface area contributed by atoms with E-state index < -0.39 is 12.0 Å². The summed E-state index contributed by atoms with van der Waals surface area (Å²) in [6.45, 7) is 0.540. The molecule has 3 rings (SSSR count). The Morgan fingerprint density at radius 3 is 2.30 bits per heavy atom. The molecule has 4 nitrogen and oxygen atoms in total. The van der Waals surface area contributed by atoms with Crippen molar-refractivity contribution in [1.29, 1.82) is 0 Å². The van der Waals surface area contributed by atoms with Crippen molar-refractivity contribution in [3.05, 3.63) is 60.2 Å². The summed E-state index contributed by atoms with van der Waals surface area (Å²) in [6, 6.07) is 17.3. The van der Waals surface area contributed by atoms with E-state index in [-0.39, 0.29) is 12.3 Å². The number of carboxylic acids is 1. The third-order valence-corrected chi connectivity index (χ3v) is 4.27. The smallest absolute Gasteiger partial charge is 0.326 e. The van der Waals surface area contributed by atoms with Crippen molar-refractivity contribution >= 4 is 11.9 Å². The second-order valence-corrected chi connectivity index (χ2v) is 5.82. The lowest BCUT2D eigenvalue weighted by atomic mass is 10.0. The maximum absolute atomic E-state index is 12.3. The zero-order valence-corrected chi connectivity index (χ0v) is 12.8. The van der Waals surface area contributed by atoms with E-state index >= 15 is 0 Å². The van der Waals surface area contributed by atoms with Crippen LogP contribution in [0.2, 0.25) is 0 Å². The van der Waals surface area contributed by atoms with Crippen molar-refractivity contribution in [2.24, 2.45) is 0 Å². The van der Waals surface area contributed by atoms with Gasteiger partial charge in [0.05, 0.1) is 6.42 Å². The molecule has 0 saturated carbocycles. The van der Waals surface area contributed by atoms with Gasteiger partial charge in [0.25, 0.3) is 0 Å². The minimum atomic E-state index is -0.907. The van der Waals surface area contributed by atoms with Crippen LogP contribution in [-0.2, 0) is 16.0 Å². The molecule has 0 aliphatic carbocycles. The average Bonchev–Trinajstić information content (AvgIpc) is 3.06. The summed E-state index contributed by atoms with van der Waals surface area (Å²) in [5.74, 6) is -1.02. The van der Waals surface area contributed by atoms with Crippen LogP contribution in [-0.4, -0.2) is 34.5 Å². The molecule has 4 heteroatoms. The van der Waals surface area contributed by atoms with E-state index in [1.165, 1.54) is 4.90 Å². The monoisotopic (exact) mass is 309 g/mol. The van der Waals surface area contributed by atoms with Crippen LogP contribution in [0.3, 0.4) is 0 Å². The minimum absolute atomic E-state index is 0.109. The lowest BCUT2D eigenvalue weighted by molar-refractivity contribution is -0.148. The molecule has 1 atom stereocenters. The molecule has 0 bridgehead atoms. The van der Waals surface area contributed by atoms with Gasteiger partial charge in [0.2, 0.25) is 5.91 Å². The molecule has 1 fully saturated rings. The van der Waals surface area contributed by atoms with Gasteiger partial charge >= 0.3 is 5.97 Å². The van der Waals surface area contributed by atoms with Gasteiger partial charge in [-0.1, -0.05) is 54.6 Å². The van der Waals surface area contributed by atoms with Crippen LogP contribution in [0.5, 0.6) is 0 Å². The number of hydrogen-bond acceptors (Lipinski definition) is 2. The molecule has 0 radical (unpaired) electrons. The first-order valence-electron chi connectivity index (χ1n) is 7.82. The number of carboxylic acid groups (broad SMARTS) is 1. The van der Waals surface area contributed by atoms with E-state index in [4.69, 9.17) is 5.11 Å². The molecule has 0 aromatic heterocycles. The Labute approximate surface area is 135 Å². The highest BCUT2D eigenvalue weighted by Gasteiger charge is 2.33. The van der Waals surface area contributed by atoms with Crippen molar-refractivity contribution in [3.63, 3.8) is 0 Å². The molecule has 1 heterocycles. The van der Waals surface area contributed by atoms with E-state index in [0.717, 1.165) is 23.1 Å². The van der Waals surface area contributed by atoms with Crippen LogP contribution < -0.4 is 0 Å². The normalized spacial score (nSPS) is 17.2. The Morgan fingerprint density at radius 1 is 1.00 bits per heavy atom. The zero-order valence-electron chi connectivity index (χ0n) is 12.8. The van der Waals surface area contributed by atoms with Gasteiger partial charge in [0.15, 0.2) is 0 Å². The topological polar surface area (TPSA) is 57.6 Å². The highest BCUT2D eigenvalue weighted by atomic mass is 16.4. The number of hydrogen-bond donors (Lipinski definition) is 1. The van der Waals surface area contributed by atoms with Gasteiger partial charge in [-0.15, -0.1) is 0 Å². The van der Waals surface area contributed by atoms with Crippen LogP contribution in [0.1, 0.15) is 18.4 Å². The number of rotatable bonds is 4. The number of carbonyl (C=O) groups is 2. The van der Waals surface area contributed by atoms with Gasteiger partial charge in [-0.05, 0) is 29.5 Å². The molecule has 2 aromatic rings. The zero-order chi connectivity index (χ0) is 16.2. The van der Waals surface area contributed by atoms with Crippen molar-refractivity contribution in [3.8, 4) is 11.1 Å². The van der Waals surface area contributed by atoms with E-state index in [1.807, 2.05) is 54.6 Å². The highest BCUT2D eigenvalue weighted by Crippen LogP contribution is 2.21. The summed E-state index contributed by atoms with van der Waals surface area (Å²) in [4.78, 5) is 25.0. The first-order valence-corrected chi connectivity index (χ1v) is 7.82. The quantitative estimate of drug-likeness (QED) is 0.944. The van der Waals surface area contributed by atoms with Crippen LogP contribution in [0.15, 0.2) is 54.6 Å². The van der Waals surface area contributed by atoms with Crippen LogP contribution in [0, 0.1) is 0 Å². The van der Waals surface area contributed by atoms with Gasteiger partial charge < -0.3 is 10.0 Å². The SMILES string of the molecule is O=C(O)[C@@H]1CCCN1C(=O)Cc1ccc(-c2ccccc2)cc1. The Bertz CT molecular complexity index is 694. The minimum Gasteiger partial charge on any atom is -0.480 e. The molecule has 0 unspecified atom stereocenters. The molecular weight excluding hydrogens is 290 g/mol. The summed E-state index contributed by atoms with van der Waals surface area (Å²) >= 11 is 0. The second kappa shape index (κ2) is 6.65. The fourth-order valence-corrected chi connectivity index (χ4v) is 3.04. The van der Waals surface area contributed by atoms with Crippen molar-refractivity contribution in [2.75, 3.05) is 6.54 Å². The van der Waals surface area contributed by atoms with E-state index in [2.05, 4.69) is 0 Å². The fraction of sp³-hybridized carbons (Fsp3) is 0.263. The number of benzene rings is 2. The van der Waals surface area contributed by atoms with Gasteiger partial charge in [-0.3, -0.25) is 4.79 Å². The number of likely N-dealkylation sites (tertiary alicyclic amines) is 1. The standard InChI is InChI=1S/C19H19NO3/c21-18(20-12-4-7-17(20)19(22)23)13-14-8-10-16(11-9-14)15-5-2-1-3-6-15/h1-3,5-6,8-11,17H,4,7,12-13H2,(H,22,23)/t17-/m0/s1. The van der Waals surface area contributed by atoms with E-state index in [9.17, 15) is 9.59 Å². The van der Waals surface area contributed by atoms with Gasteiger partial charge in [0, 0.05) is 6.54 Å². The molecule has 23 heavy (non-hydrogen) atoms. The Morgan fingerprint density at radius 2 is 1.65 bits per heavy atom. The maximum atomic E-state index is 12.3. The summed E-state index contributed by atoms with van der Waals surface area (Å²) in [5.41, 5.74) is 3.15. The molecule has 2 aromatic carbocycles. The molecule has 1 aliphatic rings. The summed E-state index contributed by atoms with van der Waals surface area (Å²) in [5, 5.41) is 9.17. The Hall–Kier alpha value is -2.62. The summed E-state index contributed by atoms with van der Waals surface area (Å²) < 4.78 is 0. The van der Waals surface area contributed by atoms with E-state index in [0.29, 0.717) is 13.0 Å². The molecule has 118 valence electrons. The predicted molar refractivity (Wildman–Crippen MR) is 88.0 cm³/mol. The lowest BCUT2D eigenvalue weighted by Crippen LogP contribution is -2.41. The van der Waals surface area contributed by atoms with Crippen LogP contribution in [0.25, 0.3) is 11.1 Å². The molecular formula is C19H19NO3. The number of aliphatic carboxylic acids is 1. The number of amides is 1. The second-order valence-electron chi connectivity index (χ2n) is 5.82. The summed E-state index contributed by atoms with van der Waals surface area (Å²) in [7, 11) is 0. The third-order valence-electron chi connectivity index (χ3n) is 4.27. The first kappa shape index (κ1) is 15.3. The van der Waals surface area contributed by atoms with Crippen LogP contribution in [0.4, 0.5) is 0 Å². The van der Waals surface area contributed by atoms with Gasteiger partial charge in [-0.25, -0.2) is 4.79 Å². The predicted octanol–water partition coefficient (Wildman–Crippen LogP) is 2.97. The highest BCUT2D eigenvalue weighted by molar-refractivity contribution is 5.85. The molecule has 1 aliphatic heterocycles. The van der Waals surface area contributed by atoms with Crippen molar-refractivity contribution in [1.82, 2.24) is 4.90 Å². The largest absolute Gasteiger partial charge is 0.480 e. The van der Waals surface area contributed by atoms with Crippen molar-refractivity contribution in [2.45, 2.75) is 25.3 Å². The molecule has 1 N–H and O–H groups in total. The third kappa shape index (κ3) is 3.42. The Balaban J connectivity index is 1.69.